The number of nitrogens with zero attached hydrogens (tertiary/aromatic N) is 2. The third-order valence-corrected chi connectivity index (χ3v) is 5.62. The molecule has 1 aromatic heterocycles. The second-order valence-corrected chi connectivity index (χ2v) is 7.61. The lowest BCUT2D eigenvalue weighted by molar-refractivity contribution is 0.0527. The minimum atomic E-state index is -0.332. The molecule has 1 N–H and O–H groups in total. The van der Waals surface area contributed by atoms with Gasteiger partial charge in [-0.2, -0.15) is 11.3 Å². The first-order valence-electron chi connectivity index (χ1n) is 9.23. The van der Waals surface area contributed by atoms with Crippen molar-refractivity contribution >= 4 is 40.3 Å². The van der Waals surface area contributed by atoms with Crippen LogP contribution in [0.2, 0.25) is 0 Å². The molecule has 0 saturated carbocycles. The van der Waals surface area contributed by atoms with E-state index in [0.29, 0.717) is 23.0 Å². The van der Waals surface area contributed by atoms with Gasteiger partial charge in [0.05, 0.1) is 17.9 Å². The van der Waals surface area contributed by atoms with Crippen LogP contribution in [0.1, 0.15) is 29.3 Å². The summed E-state index contributed by atoms with van der Waals surface area (Å²) in [7, 11) is 0. The summed E-state index contributed by atoms with van der Waals surface area (Å²) in [5, 5.41) is 8.24. The number of carbonyl (C=O) groups excluding carboxylic acids is 1. The molecule has 0 radical (unpaired) electrons. The predicted molar refractivity (Wildman–Crippen MR) is 114 cm³/mol. The van der Waals surface area contributed by atoms with Crippen molar-refractivity contribution in [1.29, 1.82) is 0 Å². The van der Waals surface area contributed by atoms with Crippen molar-refractivity contribution in [2.45, 2.75) is 19.9 Å². The number of thiophene rings is 1. The Balaban J connectivity index is 1.59. The monoisotopic (exact) mass is 403 g/mol. The fourth-order valence-electron chi connectivity index (χ4n) is 3.15. The molecule has 1 aliphatic rings. The molecule has 2 heterocycles. The molecule has 7 heteroatoms. The lowest BCUT2D eigenvalue weighted by Crippen LogP contribution is -2.38. The fraction of sp³-hybridized carbons (Fsp3) is 0.400. The van der Waals surface area contributed by atoms with Crippen molar-refractivity contribution in [2.24, 2.45) is 0 Å². The second kappa shape index (κ2) is 9.82. The lowest BCUT2D eigenvalue weighted by Gasteiger charge is -2.25. The summed E-state index contributed by atoms with van der Waals surface area (Å²) in [6.07, 6.45) is 1.06. The summed E-state index contributed by atoms with van der Waals surface area (Å²) in [4.78, 5) is 16.8. The maximum atomic E-state index is 12.1. The number of esters is 1. The summed E-state index contributed by atoms with van der Waals surface area (Å²) in [6.45, 7) is 6.96. The lowest BCUT2D eigenvalue weighted by atomic mass is 10.2. The van der Waals surface area contributed by atoms with Gasteiger partial charge in [0, 0.05) is 32.7 Å². The van der Waals surface area contributed by atoms with Gasteiger partial charge in [-0.25, -0.2) is 4.79 Å². The van der Waals surface area contributed by atoms with E-state index in [4.69, 9.17) is 17.0 Å². The Morgan fingerprint density at radius 2 is 2.07 bits per heavy atom. The van der Waals surface area contributed by atoms with Crippen LogP contribution in [0.5, 0.6) is 0 Å². The molecule has 0 aliphatic carbocycles. The van der Waals surface area contributed by atoms with Gasteiger partial charge in [0.2, 0.25) is 0 Å². The predicted octanol–water partition coefficient (Wildman–Crippen LogP) is 3.83. The van der Waals surface area contributed by atoms with Crippen LogP contribution in [0.15, 0.2) is 41.1 Å². The van der Waals surface area contributed by atoms with E-state index in [1.54, 1.807) is 24.3 Å². The summed E-state index contributed by atoms with van der Waals surface area (Å²) in [5.74, 6) is -0.332. The maximum Gasteiger partial charge on any atom is 0.340 e. The molecule has 1 fully saturated rings. The number of para-hydroxylation sites is 1. The molecule has 1 aromatic carbocycles. The molecule has 0 spiro atoms. The minimum absolute atomic E-state index is 0.332. The van der Waals surface area contributed by atoms with E-state index in [-0.39, 0.29) is 5.97 Å². The number of anilines is 1. The van der Waals surface area contributed by atoms with Crippen LogP contribution in [0.3, 0.4) is 0 Å². The van der Waals surface area contributed by atoms with Gasteiger partial charge in [0.15, 0.2) is 5.11 Å². The van der Waals surface area contributed by atoms with E-state index >= 15 is 0 Å². The van der Waals surface area contributed by atoms with Crippen LogP contribution < -0.4 is 5.32 Å². The Kier molecular flexibility index (Phi) is 7.20. The van der Waals surface area contributed by atoms with Crippen LogP contribution in [0.4, 0.5) is 5.69 Å². The van der Waals surface area contributed by atoms with Gasteiger partial charge in [-0.3, -0.25) is 4.90 Å². The van der Waals surface area contributed by atoms with Crippen molar-refractivity contribution in [2.75, 3.05) is 38.1 Å². The topological polar surface area (TPSA) is 44.8 Å². The van der Waals surface area contributed by atoms with Crippen LogP contribution in [0.25, 0.3) is 0 Å². The van der Waals surface area contributed by atoms with Gasteiger partial charge in [-0.15, -0.1) is 0 Å². The molecule has 5 nitrogen and oxygen atoms in total. The van der Waals surface area contributed by atoms with Crippen LogP contribution in [-0.2, 0) is 11.3 Å². The Hall–Kier alpha value is -1.96. The number of nitrogens with one attached hydrogen (secondary N) is 1. The zero-order chi connectivity index (χ0) is 19.1. The minimum Gasteiger partial charge on any atom is -0.462 e. The van der Waals surface area contributed by atoms with Gasteiger partial charge in [0.1, 0.15) is 0 Å². The molecule has 0 bridgehead atoms. The molecular formula is C20H25N3O2S2. The normalized spacial score (nSPS) is 15.2. The Morgan fingerprint density at radius 3 is 2.85 bits per heavy atom. The summed E-state index contributed by atoms with van der Waals surface area (Å²) in [5.41, 5.74) is 2.58. The highest BCUT2D eigenvalue weighted by Crippen LogP contribution is 2.18. The fourth-order valence-corrected chi connectivity index (χ4v) is 4.10. The van der Waals surface area contributed by atoms with Crippen LogP contribution in [0, 0.1) is 0 Å². The summed E-state index contributed by atoms with van der Waals surface area (Å²) in [6, 6.07) is 9.52. The summed E-state index contributed by atoms with van der Waals surface area (Å²) >= 11 is 7.37. The molecule has 1 aliphatic heterocycles. The molecule has 3 rings (SSSR count). The SMILES string of the molecule is CCOC(=O)c1ccccc1NC(=S)N1CCCN(Cc2ccsc2)CC1. The Bertz CT molecular complexity index is 764. The second-order valence-electron chi connectivity index (χ2n) is 6.44. The van der Waals surface area contributed by atoms with E-state index in [1.807, 2.05) is 18.2 Å². The number of thiocarbonyl (C=S) groups is 1. The third-order valence-electron chi connectivity index (χ3n) is 4.53. The van der Waals surface area contributed by atoms with E-state index in [1.165, 1.54) is 5.56 Å². The van der Waals surface area contributed by atoms with Crippen molar-refractivity contribution in [3.8, 4) is 0 Å². The average Bonchev–Trinajstić information content (AvgIpc) is 3.06. The van der Waals surface area contributed by atoms with Gasteiger partial charge >= 0.3 is 5.97 Å². The smallest absolute Gasteiger partial charge is 0.340 e. The Labute approximate surface area is 169 Å². The molecule has 0 unspecified atom stereocenters. The van der Waals surface area contributed by atoms with Crippen molar-refractivity contribution in [3.05, 3.63) is 52.2 Å². The molecule has 1 saturated heterocycles. The third kappa shape index (κ3) is 5.51. The molecule has 144 valence electrons. The number of rotatable bonds is 5. The highest BCUT2D eigenvalue weighted by atomic mass is 32.1. The van der Waals surface area contributed by atoms with Crippen molar-refractivity contribution in [3.63, 3.8) is 0 Å². The van der Waals surface area contributed by atoms with Crippen LogP contribution >= 0.6 is 23.6 Å². The molecule has 2 aromatic rings. The van der Waals surface area contributed by atoms with Gasteiger partial charge in [0.25, 0.3) is 0 Å². The first kappa shape index (κ1) is 19.8. The largest absolute Gasteiger partial charge is 0.462 e. The van der Waals surface area contributed by atoms with Crippen molar-refractivity contribution < 1.29 is 9.53 Å². The molecule has 27 heavy (non-hydrogen) atoms. The van der Waals surface area contributed by atoms with Gasteiger partial charge in [-0.05, 0) is 60.1 Å². The number of benzene rings is 1. The Morgan fingerprint density at radius 1 is 1.22 bits per heavy atom. The first-order chi connectivity index (χ1) is 13.2. The number of ether oxygens (including phenoxy) is 1. The maximum absolute atomic E-state index is 12.1. The molecular weight excluding hydrogens is 378 g/mol. The van der Waals surface area contributed by atoms with Gasteiger partial charge < -0.3 is 15.0 Å². The quantitative estimate of drug-likeness (QED) is 0.605. The number of hydrogen-bond acceptors (Lipinski definition) is 5. The molecule has 0 atom stereocenters. The standard InChI is InChI=1S/C20H25N3O2S2/c1-2-25-19(24)17-6-3-4-7-18(17)21-20(26)23-10-5-9-22(11-12-23)14-16-8-13-27-15-16/h3-4,6-8,13,15H,2,5,9-12,14H2,1H3,(H,21,26). The van der Waals surface area contributed by atoms with E-state index < -0.39 is 0 Å². The number of hydrogen-bond donors (Lipinski definition) is 1. The average molecular weight is 404 g/mol. The molecule has 0 amide bonds. The zero-order valence-corrected chi connectivity index (χ0v) is 17.2. The van der Waals surface area contributed by atoms with Crippen LogP contribution in [-0.4, -0.2) is 53.7 Å². The summed E-state index contributed by atoms with van der Waals surface area (Å²) < 4.78 is 5.14. The van der Waals surface area contributed by atoms with E-state index in [2.05, 4.69) is 31.9 Å². The van der Waals surface area contributed by atoms with Crippen molar-refractivity contribution in [1.82, 2.24) is 9.80 Å². The zero-order valence-electron chi connectivity index (χ0n) is 15.5. The van der Waals surface area contributed by atoms with Gasteiger partial charge in [-0.1, -0.05) is 12.1 Å². The first-order valence-corrected chi connectivity index (χ1v) is 10.6. The van der Waals surface area contributed by atoms with E-state index in [9.17, 15) is 4.79 Å². The number of carbonyl (C=O) groups is 1. The highest BCUT2D eigenvalue weighted by molar-refractivity contribution is 7.80. The van der Waals surface area contributed by atoms with E-state index in [0.717, 1.165) is 39.1 Å². The highest BCUT2D eigenvalue weighted by Gasteiger charge is 2.19.